The summed E-state index contributed by atoms with van der Waals surface area (Å²) in [5.74, 6) is 2.29. The number of thiophene rings is 1. The standard InChI is InChI=1S/C25H22N4O4S/c1-15-21(24-27-23(28-33-24)20-5-4-14-34-20)22(16-6-10-18(31-2)11-7-16)26-25(30)29(15)17-8-12-19(32-3)13-9-17/h4-14,22H,1-3H3,(H,26,30). The summed E-state index contributed by atoms with van der Waals surface area (Å²) in [5, 5.41) is 9.25. The summed E-state index contributed by atoms with van der Waals surface area (Å²) in [6.45, 7) is 1.88. The molecule has 0 fully saturated rings. The molecule has 9 heteroatoms. The van der Waals surface area contributed by atoms with Crippen LogP contribution in [-0.2, 0) is 0 Å². The van der Waals surface area contributed by atoms with Gasteiger partial charge in [0.1, 0.15) is 11.5 Å². The van der Waals surface area contributed by atoms with Crippen LogP contribution in [0, 0.1) is 0 Å². The average molecular weight is 475 g/mol. The lowest BCUT2D eigenvalue weighted by Crippen LogP contribution is -2.46. The third-order valence-corrected chi connectivity index (χ3v) is 6.53. The molecule has 2 amide bonds. The molecule has 1 N–H and O–H groups in total. The van der Waals surface area contributed by atoms with Gasteiger partial charge in [-0.05, 0) is 60.3 Å². The van der Waals surface area contributed by atoms with Crippen LogP contribution in [-0.4, -0.2) is 30.4 Å². The van der Waals surface area contributed by atoms with Gasteiger partial charge in [0.2, 0.25) is 5.82 Å². The highest BCUT2D eigenvalue weighted by Gasteiger charge is 2.36. The first-order valence-electron chi connectivity index (χ1n) is 10.6. The summed E-state index contributed by atoms with van der Waals surface area (Å²) < 4.78 is 16.3. The maximum absolute atomic E-state index is 13.3. The van der Waals surface area contributed by atoms with Gasteiger partial charge >= 0.3 is 6.03 Å². The van der Waals surface area contributed by atoms with E-state index in [2.05, 4.69) is 15.5 Å². The zero-order valence-corrected chi connectivity index (χ0v) is 19.6. The SMILES string of the molecule is COc1ccc(C2NC(=O)N(c3ccc(OC)cc3)C(C)=C2c2nc(-c3cccs3)no2)cc1. The maximum Gasteiger partial charge on any atom is 0.326 e. The number of aromatic nitrogens is 2. The van der Waals surface area contributed by atoms with E-state index < -0.39 is 6.04 Å². The Labute approximate surface area is 200 Å². The van der Waals surface area contributed by atoms with Crippen LogP contribution in [0.3, 0.4) is 0 Å². The minimum Gasteiger partial charge on any atom is -0.497 e. The maximum atomic E-state index is 13.3. The lowest BCUT2D eigenvalue weighted by Gasteiger charge is -2.35. The highest BCUT2D eigenvalue weighted by molar-refractivity contribution is 7.13. The Balaban J connectivity index is 1.63. The van der Waals surface area contributed by atoms with E-state index >= 15 is 0 Å². The number of anilines is 1. The van der Waals surface area contributed by atoms with Crippen LogP contribution in [0.5, 0.6) is 11.5 Å². The zero-order valence-electron chi connectivity index (χ0n) is 18.8. The van der Waals surface area contributed by atoms with E-state index in [4.69, 9.17) is 14.0 Å². The summed E-state index contributed by atoms with van der Waals surface area (Å²) in [4.78, 5) is 20.5. The number of hydrogen-bond acceptors (Lipinski definition) is 7. The van der Waals surface area contributed by atoms with Crippen LogP contribution >= 0.6 is 11.3 Å². The van der Waals surface area contributed by atoms with Crippen molar-refractivity contribution >= 4 is 28.6 Å². The molecule has 2 aromatic heterocycles. The van der Waals surface area contributed by atoms with Crippen LogP contribution in [0.2, 0.25) is 0 Å². The number of benzene rings is 2. The van der Waals surface area contributed by atoms with Crippen molar-refractivity contribution in [3.63, 3.8) is 0 Å². The van der Waals surface area contributed by atoms with Crippen molar-refractivity contribution in [2.75, 3.05) is 19.1 Å². The Hall–Kier alpha value is -4.11. The van der Waals surface area contributed by atoms with Gasteiger partial charge in [-0.2, -0.15) is 4.98 Å². The van der Waals surface area contributed by atoms with Gasteiger partial charge in [-0.25, -0.2) is 4.79 Å². The predicted molar refractivity (Wildman–Crippen MR) is 130 cm³/mol. The second-order valence-corrected chi connectivity index (χ2v) is 8.54. The van der Waals surface area contributed by atoms with Gasteiger partial charge in [-0.15, -0.1) is 11.3 Å². The van der Waals surface area contributed by atoms with E-state index in [-0.39, 0.29) is 6.03 Å². The summed E-state index contributed by atoms with van der Waals surface area (Å²) in [5.41, 5.74) is 2.97. The molecule has 1 aliphatic rings. The second kappa shape index (κ2) is 9.03. The third kappa shape index (κ3) is 3.90. The molecule has 1 atom stereocenters. The van der Waals surface area contributed by atoms with Gasteiger partial charge in [0, 0.05) is 5.70 Å². The number of methoxy groups -OCH3 is 2. The fourth-order valence-corrected chi connectivity index (χ4v) is 4.60. The Bertz CT molecular complexity index is 1330. The van der Waals surface area contributed by atoms with E-state index in [9.17, 15) is 4.79 Å². The molecular weight excluding hydrogens is 452 g/mol. The number of rotatable bonds is 6. The van der Waals surface area contributed by atoms with Crippen molar-refractivity contribution in [2.45, 2.75) is 13.0 Å². The number of ether oxygens (including phenoxy) is 2. The van der Waals surface area contributed by atoms with Crippen molar-refractivity contribution in [3.05, 3.63) is 83.2 Å². The zero-order chi connectivity index (χ0) is 23.7. The molecule has 1 aliphatic heterocycles. The molecule has 0 saturated heterocycles. The van der Waals surface area contributed by atoms with Crippen molar-refractivity contribution in [1.29, 1.82) is 0 Å². The first-order valence-corrected chi connectivity index (χ1v) is 11.4. The number of amides is 2. The van der Waals surface area contributed by atoms with Crippen LogP contribution < -0.4 is 19.7 Å². The van der Waals surface area contributed by atoms with Gasteiger partial charge in [-0.1, -0.05) is 23.4 Å². The first kappa shape index (κ1) is 21.7. The summed E-state index contributed by atoms with van der Waals surface area (Å²) in [6, 6.07) is 18.0. The van der Waals surface area contributed by atoms with Crippen molar-refractivity contribution in [1.82, 2.24) is 15.5 Å². The molecule has 0 saturated carbocycles. The van der Waals surface area contributed by atoms with Gasteiger partial charge in [0.25, 0.3) is 5.89 Å². The molecule has 0 radical (unpaired) electrons. The molecule has 5 rings (SSSR count). The molecule has 1 unspecified atom stereocenters. The topological polar surface area (TPSA) is 89.7 Å². The van der Waals surface area contributed by atoms with E-state index in [0.717, 1.165) is 21.8 Å². The normalized spacial score (nSPS) is 15.9. The molecule has 0 spiro atoms. The summed E-state index contributed by atoms with van der Waals surface area (Å²) in [6.07, 6.45) is 0. The van der Waals surface area contributed by atoms with Crippen molar-refractivity contribution in [2.24, 2.45) is 0 Å². The van der Waals surface area contributed by atoms with Gasteiger partial charge in [-0.3, -0.25) is 4.90 Å². The molecule has 3 heterocycles. The molecule has 0 bridgehead atoms. The largest absolute Gasteiger partial charge is 0.497 e. The molecule has 4 aromatic rings. The Morgan fingerprint density at radius 2 is 1.68 bits per heavy atom. The monoisotopic (exact) mass is 474 g/mol. The van der Waals surface area contributed by atoms with Gasteiger partial charge in [0.15, 0.2) is 0 Å². The lowest BCUT2D eigenvalue weighted by molar-refractivity contribution is 0.244. The molecule has 2 aromatic carbocycles. The van der Waals surface area contributed by atoms with Crippen LogP contribution in [0.4, 0.5) is 10.5 Å². The molecular formula is C25H22N4O4S. The highest BCUT2D eigenvalue weighted by atomic mass is 32.1. The van der Waals surface area contributed by atoms with Crippen LogP contribution in [0.15, 0.2) is 76.3 Å². The average Bonchev–Trinajstić information content (AvgIpc) is 3.57. The predicted octanol–water partition coefficient (Wildman–Crippen LogP) is 5.52. The fourth-order valence-electron chi connectivity index (χ4n) is 3.95. The molecule has 0 aliphatic carbocycles. The number of nitrogens with zero attached hydrogens (tertiary/aromatic N) is 3. The van der Waals surface area contributed by atoms with Gasteiger partial charge < -0.3 is 19.3 Å². The molecule has 34 heavy (non-hydrogen) atoms. The van der Waals surface area contributed by atoms with E-state index in [1.54, 1.807) is 19.1 Å². The van der Waals surface area contributed by atoms with Gasteiger partial charge in [0.05, 0.1) is 36.4 Å². The number of carbonyl (C=O) groups excluding carboxylic acids is 1. The first-order chi connectivity index (χ1) is 16.6. The van der Waals surface area contributed by atoms with E-state index in [0.29, 0.717) is 28.8 Å². The fraction of sp³-hybridized carbons (Fsp3) is 0.160. The number of carbonyl (C=O) groups is 1. The number of nitrogens with one attached hydrogen (secondary N) is 1. The molecule has 8 nitrogen and oxygen atoms in total. The highest BCUT2D eigenvalue weighted by Crippen LogP contribution is 2.40. The van der Waals surface area contributed by atoms with Crippen LogP contribution in [0.1, 0.15) is 24.4 Å². The Morgan fingerprint density at radius 1 is 1.00 bits per heavy atom. The van der Waals surface area contributed by atoms with Crippen LogP contribution in [0.25, 0.3) is 16.3 Å². The van der Waals surface area contributed by atoms with E-state index in [1.165, 1.54) is 11.3 Å². The number of urea groups is 1. The third-order valence-electron chi connectivity index (χ3n) is 5.66. The molecule has 172 valence electrons. The second-order valence-electron chi connectivity index (χ2n) is 7.59. The lowest BCUT2D eigenvalue weighted by atomic mass is 9.94. The Morgan fingerprint density at radius 3 is 2.29 bits per heavy atom. The van der Waals surface area contributed by atoms with Crippen molar-refractivity contribution in [3.8, 4) is 22.2 Å². The number of allylic oxidation sites excluding steroid dienone is 1. The minimum atomic E-state index is -0.482. The quantitative estimate of drug-likeness (QED) is 0.396. The summed E-state index contributed by atoms with van der Waals surface area (Å²) >= 11 is 1.53. The van der Waals surface area contributed by atoms with E-state index in [1.807, 2.05) is 73.0 Å². The minimum absolute atomic E-state index is 0.259. The smallest absolute Gasteiger partial charge is 0.326 e. The van der Waals surface area contributed by atoms with Crippen molar-refractivity contribution < 1.29 is 18.8 Å². The summed E-state index contributed by atoms with van der Waals surface area (Å²) in [7, 11) is 3.22. The Kier molecular flexibility index (Phi) is 5.77. The number of hydrogen-bond donors (Lipinski definition) is 1.